The highest BCUT2D eigenvalue weighted by molar-refractivity contribution is 14.0. The zero-order valence-electron chi connectivity index (χ0n) is 12.3. The number of nitrogens with one attached hydrogen (secondary N) is 1. The van der Waals surface area contributed by atoms with Crippen molar-refractivity contribution in [2.24, 2.45) is 16.6 Å². The van der Waals surface area contributed by atoms with E-state index in [1.165, 1.54) is 19.3 Å². The normalized spacial score (nSPS) is 15.6. The zero-order chi connectivity index (χ0) is 13.9. The molecule has 0 atom stereocenters. The highest BCUT2D eigenvalue weighted by Gasteiger charge is 2.17. The molecule has 1 aromatic heterocycles. The van der Waals surface area contributed by atoms with Gasteiger partial charge in [0.25, 0.3) is 0 Å². The van der Waals surface area contributed by atoms with E-state index in [1.807, 2.05) is 25.1 Å². The molecule has 1 fully saturated rings. The van der Waals surface area contributed by atoms with Crippen LogP contribution in [0.25, 0.3) is 11.0 Å². The van der Waals surface area contributed by atoms with Gasteiger partial charge in [-0.15, -0.1) is 24.0 Å². The molecule has 0 amide bonds. The summed E-state index contributed by atoms with van der Waals surface area (Å²) < 4.78 is 5.73. The number of rotatable bonds is 4. The van der Waals surface area contributed by atoms with Crippen LogP contribution in [-0.2, 0) is 6.54 Å². The summed E-state index contributed by atoms with van der Waals surface area (Å²) in [6.07, 6.45) is 3.97. The molecule has 3 N–H and O–H groups in total. The molecule has 21 heavy (non-hydrogen) atoms. The monoisotopic (exact) mass is 399 g/mol. The number of aliphatic imine (C=N–C) groups is 1. The van der Waals surface area contributed by atoms with E-state index in [-0.39, 0.29) is 24.0 Å². The van der Waals surface area contributed by atoms with Crippen LogP contribution >= 0.6 is 24.0 Å². The lowest BCUT2D eigenvalue weighted by Crippen LogP contribution is -2.37. The number of halogens is 1. The van der Waals surface area contributed by atoms with Gasteiger partial charge in [-0.25, -0.2) is 4.99 Å². The molecule has 0 bridgehead atoms. The molecule has 4 nitrogen and oxygen atoms in total. The maximum absolute atomic E-state index is 5.92. The Morgan fingerprint density at radius 3 is 2.86 bits per heavy atom. The first-order valence-electron chi connectivity index (χ1n) is 7.25. The lowest BCUT2D eigenvalue weighted by Gasteiger charge is -2.25. The summed E-state index contributed by atoms with van der Waals surface area (Å²) in [6.45, 7) is 3.48. The maximum Gasteiger partial charge on any atom is 0.188 e. The van der Waals surface area contributed by atoms with E-state index < -0.39 is 0 Å². The number of para-hydroxylation sites is 1. The van der Waals surface area contributed by atoms with Crippen molar-refractivity contribution >= 4 is 40.9 Å². The molecule has 114 valence electrons. The van der Waals surface area contributed by atoms with Crippen molar-refractivity contribution < 1.29 is 4.42 Å². The minimum Gasteiger partial charge on any atom is -0.461 e. The Labute approximate surface area is 142 Å². The fourth-order valence-corrected chi connectivity index (χ4v) is 2.58. The summed E-state index contributed by atoms with van der Waals surface area (Å²) in [5.74, 6) is 2.23. The molecule has 1 aliphatic carbocycles. The van der Waals surface area contributed by atoms with Crippen molar-refractivity contribution in [2.45, 2.75) is 32.7 Å². The van der Waals surface area contributed by atoms with E-state index in [1.54, 1.807) is 0 Å². The highest BCUT2D eigenvalue weighted by Crippen LogP contribution is 2.26. The number of furan rings is 1. The standard InChI is InChI=1S/C16H21N3O.HI/c1-11-14(13-7-2-3-8-15(13)20-11)10-19-16(17)18-9-12-5-4-6-12;/h2-3,7-8,12H,4-6,9-10H2,1H3,(H3,17,18,19);1H. The second-order valence-corrected chi connectivity index (χ2v) is 5.51. The summed E-state index contributed by atoms with van der Waals surface area (Å²) >= 11 is 0. The van der Waals surface area contributed by atoms with Gasteiger partial charge < -0.3 is 15.5 Å². The zero-order valence-corrected chi connectivity index (χ0v) is 14.6. The first-order chi connectivity index (χ1) is 9.74. The van der Waals surface area contributed by atoms with E-state index in [0.29, 0.717) is 12.5 Å². The topological polar surface area (TPSA) is 63.5 Å². The molecular formula is C16H22IN3O. The van der Waals surface area contributed by atoms with Crippen LogP contribution in [0.1, 0.15) is 30.6 Å². The minimum atomic E-state index is 0. The van der Waals surface area contributed by atoms with Crippen LogP contribution in [0.2, 0.25) is 0 Å². The molecule has 0 spiro atoms. The average molecular weight is 399 g/mol. The first kappa shape index (κ1) is 16.1. The molecule has 1 aromatic carbocycles. The van der Waals surface area contributed by atoms with E-state index in [9.17, 15) is 0 Å². The minimum absolute atomic E-state index is 0. The number of nitrogens with zero attached hydrogens (tertiary/aromatic N) is 1. The third-order valence-electron chi connectivity index (χ3n) is 4.10. The van der Waals surface area contributed by atoms with Crippen LogP contribution in [-0.4, -0.2) is 12.5 Å². The molecule has 1 saturated carbocycles. The second-order valence-electron chi connectivity index (χ2n) is 5.51. The highest BCUT2D eigenvalue weighted by atomic mass is 127. The smallest absolute Gasteiger partial charge is 0.188 e. The average Bonchev–Trinajstić information content (AvgIpc) is 2.70. The number of guanidine groups is 1. The summed E-state index contributed by atoms with van der Waals surface area (Å²) in [5.41, 5.74) is 7.95. The van der Waals surface area contributed by atoms with Gasteiger partial charge in [-0.2, -0.15) is 0 Å². The van der Waals surface area contributed by atoms with Gasteiger partial charge in [-0.05, 0) is 31.7 Å². The van der Waals surface area contributed by atoms with Crippen LogP contribution in [0.15, 0.2) is 33.7 Å². The van der Waals surface area contributed by atoms with Gasteiger partial charge in [0.1, 0.15) is 11.3 Å². The third-order valence-corrected chi connectivity index (χ3v) is 4.10. The summed E-state index contributed by atoms with van der Waals surface area (Å²) in [4.78, 5) is 4.43. The van der Waals surface area contributed by atoms with Gasteiger partial charge in [-0.3, -0.25) is 0 Å². The van der Waals surface area contributed by atoms with Gasteiger partial charge in [0, 0.05) is 17.5 Å². The largest absolute Gasteiger partial charge is 0.461 e. The van der Waals surface area contributed by atoms with Crippen molar-refractivity contribution in [2.75, 3.05) is 6.54 Å². The fraction of sp³-hybridized carbons (Fsp3) is 0.438. The van der Waals surface area contributed by atoms with Gasteiger partial charge in [0.15, 0.2) is 5.96 Å². The van der Waals surface area contributed by atoms with Gasteiger partial charge in [-0.1, -0.05) is 24.6 Å². The van der Waals surface area contributed by atoms with Crippen molar-refractivity contribution in [1.82, 2.24) is 5.32 Å². The van der Waals surface area contributed by atoms with Crippen molar-refractivity contribution in [3.63, 3.8) is 0 Å². The van der Waals surface area contributed by atoms with Crippen LogP contribution < -0.4 is 11.1 Å². The number of hydrogen-bond donors (Lipinski definition) is 2. The Kier molecular flexibility index (Phi) is 5.50. The molecule has 3 rings (SSSR count). The molecule has 0 radical (unpaired) electrons. The Morgan fingerprint density at radius 1 is 1.38 bits per heavy atom. The number of nitrogens with two attached hydrogens (primary N) is 1. The predicted octanol–water partition coefficient (Wildman–Crippen LogP) is 3.56. The molecule has 1 heterocycles. The van der Waals surface area contributed by atoms with Gasteiger partial charge >= 0.3 is 0 Å². The Balaban J connectivity index is 0.00000161. The van der Waals surface area contributed by atoms with Crippen molar-refractivity contribution in [1.29, 1.82) is 0 Å². The lowest BCUT2D eigenvalue weighted by atomic mass is 9.85. The molecule has 0 aliphatic heterocycles. The van der Waals surface area contributed by atoms with Crippen LogP contribution in [0, 0.1) is 12.8 Å². The maximum atomic E-state index is 5.92. The summed E-state index contributed by atoms with van der Waals surface area (Å²) in [6, 6.07) is 8.04. The van der Waals surface area contributed by atoms with E-state index in [2.05, 4.69) is 16.4 Å². The quantitative estimate of drug-likeness (QED) is 0.470. The second kappa shape index (κ2) is 7.15. The van der Waals surface area contributed by atoms with Gasteiger partial charge in [0.05, 0.1) is 6.54 Å². The lowest BCUT2D eigenvalue weighted by molar-refractivity contribution is 0.315. The molecule has 0 unspecified atom stereocenters. The Hall–Kier alpha value is -1.24. The van der Waals surface area contributed by atoms with Gasteiger partial charge in [0.2, 0.25) is 0 Å². The molecule has 2 aromatic rings. The first-order valence-corrected chi connectivity index (χ1v) is 7.25. The van der Waals surface area contributed by atoms with Crippen LogP contribution in [0.3, 0.4) is 0 Å². The van der Waals surface area contributed by atoms with Crippen LogP contribution in [0.5, 0.6) is 0 Å². The van der Waals surface area contributed by atoms with E-state index in [4.69, 9.17) is 10.2 Å². The summed E-state index contributed by atoms with van der Waals surface area (Å²) in [7, 11) is 0. The number of benzene rings is 1. The Morgan fingerprint density at radius 2 is 2.14 bits per heavy atom. The van der Waals surface area contributed by atoms with Crippen molar-refractivity contribution in [3.05, 3.63) is 35.6 Å². The fourth-order valence-electron chi connectivity index (χ4n) is 2.58. The molecule has 1 aliphatic rings. The third kappa shape index (κ3) is 3.70. The molecular weight excluding hydrogens is 377 g/mol. The predicted molar refractivity (Wildman–Crippen MR) is 97.0 cm³/mol. The Bertz CT molecular complexity index is 631. The van der Waals surface area contributed by atoms with E-state index >= 15 is 0 Å². The number of aryl methyl sites for hydroxylation is 1. The number of fused-ring (bicyclic) bond motifs is 1. The summed E-state index contributed by atoms with van der Waals surface area (Å²) in [5, 5.41) is 4.34. The molecule has 5 heteroatoms. The van der Waals surface area contributed by atoms with Crippen molar-refractivity contribution in [3.8, 4) is 0 Å². The van der Waals surface area contributed by atoms with Crippen LogP contribution in [0.4, 0.5) is 0 Å². The SMILES string of the molecule is Cc1oc2ccccc2c1CN=C(N)NCC1CCC1.I. The van der Waals surface area contributed by atoms with E-state index in [0.717, 1.165) is 34.8 Å². The number of hydrogen-bond acceptors (Lipinski definition) is 2. The molecule has 0 saturated heterocycles.